The van der Waals surface area contributed by atoms with Crippen molar-refractivity contribution in [3.8, 4) is 11.1 Å². The molecule has 1 unspecified atom stereocenters. The third-order valence-corrected chi connectivity index (χ3v) is 5.77. The molecule has 0 spiro atoms. The molecular formula is C24H27ClFNO3. The Morgan fingerprint density at radius 1 is 1.17 bits per heavy atom. The minimum absolute atomic E-state index is 0.259. The molecule has 0 saturated carbocycles. The lowest BCUT2D eigenvalue weighted by molar-refractivity contribution is -0.152. The van der Waals surface area contributed by atoms with Crippen molar-refractivity contribution in [1.29, 1.82) is 0 Å². The van der Waals surface area contributed by atoms with Crippen molar-refractivity contribution in [3.05, 3.63) is 59.4 Å². The van der Waals surface area contributed by atoms with Gasteiger partial charge in [-0.1, -0.05) is 51.1 Å². The van der Waals surface area contributed by atoms with Crippen LogP contribution in [0.25, 0.3) is 11.1 Å². The van der Waals surface area contributed by atoms with Crippen molar-refractivity contribution in [1.82, 2.24) is 4.90 Å². The minimum atomic E-state index is -1.12. The molecule has 1 aliphatic rings. The van der Waals surface area contributed by atoms with Gasteiger partial charge in [-0.05, 0) is 41.7 Å². The SMILES string of the molecule is CC(C)(C)C(=O)N1C(=O)C(O)C[C@H]1CCc1ccc(-c2cc(CCl)ccc2F)cc1. The number of hydrogen-bond donors (Lipinski definition) is 1. The summed E-state index contributed by atoms with van der Waals surface area (Å²) in [6.07, 6.45) is 0.346. The average Bonchev–Trinajstić information content (AvgIpc) is 2.99. The van der Waals surface area contributed by atoms with E-state index in [4.69, 9.17) is 11.6 Å². The number of aryl methyl sites for hydroxylation is 1. The van der Waals surface area contributed by atoms with Gasteiger partial charge in [0.15, 0.2) is 0 Å². The monoisotopic (exact) mass is 431 g/mol. The molecule has 1 heterocycles. The minimum Gasteiger partial charge on any atom is -0.383 e. The summed E-state index contributed by atoms with van der Waals surface area (Å²) in [5.74, 6) is -0.753. The van der Waals surface area contributed by atoms with Crippen molar-refractivity contribution in [2.24, 2.45) is 5.41 Å². The smallest absolute Gasteiger partial charge is 0.258 e. The molecule has 0 aliphatic carbocycles. The van der Waals surface area contributed by atoms with E-state index in [2.05, 4.69) is 0 Å². The zero-order valence-electron chi connectivity index (χ0n) is 17.5. The van der Waals surface area contributed by atoms with E-state index in [0.717, 1.165) is 16.7 Å². The number of aliphatic hydroxyl groups excluding tert-OH is 1. The van der Waals surface area contributed by atoms with Crippen molar-refractivity contribution in [2.45, 2.75) is 58.1 Å². The van der Waals surface area contributed by atoms with Gasteiger partial charge in [-0.2, -0.15) is 0 Å². The normalized spacial score (nSPS) is 19.4. The Balaban J connectivity index is 1.72. The lowest BCUT2D eigenvalue weighted by Gasteiger charge is -2.29. The summed E-state index contributed by atoms with van der Waals surface area (Å²) in [6.45, 7) is 5.30. The topological polar surface area (TPSA) is 57.6 Å². The van der Waals surface area contributed by atoms with Gasteiger partial charge >= 0.3 is 0 Å². The van der Waals surface area contributed by atoms with Crippen LogP contribution in [0.3, 0.4) is 0 Å². The van der Waals surface area contributed by atoms with Crippen molar-refractivity contribution >= 4 is 23.4 Å². The number of alkyl halides is 1. The average molecular weight is 432 g/mol. The Morgan fingerprint density at radius 3 is 2.40 bits per heavy atom. The second-order valence-electron chi connectivity index (χ2n) is 8.85. The van der Waals surface area contributed by atoms with Crippen molar-refractivity contribution < 1.29 is 19.1 Å². The van der Waals surface area contributed by atoms with Crippen LogP contribution in [0.1, 0.15) is 44.7 Å². The predicted molar refractivity (Wildman–Crippen MR) is 115 cm³/mol. The van der Waals surface area contributed by atoms with Gasteiger partial charge in [0.05, 0.1) is 0 Å². The van der Waals surface area contributed by atoms with Crippen LogP contribution in [-0.4, -0.2) is 34.0 Å². The number of imide groups is 1. The molecule has 0 bridgehead atoms. The Bertz CT molecular complexity index is 936. The second kappa shape index (κ2) is 8.86. The molecule has 30 heavy (non-hydrogen) atoms. The number of likely N-dealkylation sites (tertiary alicyclic amines) is 1. The maximum absolute atomic E-state index is 14.2. The largest absolute Gasteiger partial charge is 0.383 e. The first kappa shape index (κ1) is 22.4. The highest BCUT2D eigenvalue weighted by Gasteiger charge is 2.44. The van der Waals surface area contributed by atoms with E-state index >= 15 is 0 Å². The number of rotatable bonds is 5. The third kappa shape index (κ3) is 4.73. The second-order valence-corrected chi connectivity index (χ2v) is 9.12. The molecule has 4 nitrogen and oxygen atoms in total. The van der Waals surface area contributed by atoms with Gasteiger partial charge in [0, 0.05) is 29.3 Å². The molecule has 1 aliphatic heterocycles. The first-order valence-corrected chi connectivity index (χ1v) is 10.6. The predicted octanol–water partition coefficient (Wildman–Crippen LogP) is 4.70. The van der Waals surface area contributed by atoms with Gasteiger partial charge in [-0.25, -0.2) is 4.39 Å². The zero-order valence-corrected chi connectivity index (χ0v) is 18.2. The van der Waals surface area contributed by atoms with Crippen LogP contribution in [0.15, 0.2) is 42.5 Å². The fourth-order valence-corrected chi connectivity index (χ4v) is 3.91. The maximum atomic E-state index is 14.2. The van der Waals surface area contributed by atoms with E-state index in [0.29, 0.717) is 24.3 Å². The van der Waals surface area contributed by atoms with Gasteiger partial charge in [0.1, 0.15) is 11.9 Å². The Kier molecular flexibility index (Phi) is 6.63. The quantitative estimate of drug-likeness (QED) is 0.698. The van der Waals surface area contributed by atoms with E-state index < -0.39 is 17.4 Å². The van der Waals surface area contributed by atoms with E-state index in [1.807, 2.05) is 24.3 Å². The number of aliphatic hydroxyl groups is 1. The Labute approximate surface area is 181 Å². The highest BCUT2D eigenvalue weighted by Crippen LogP contribution is 2.30. The summed E-state index contributed by atoms with van der Waals surface area (Å²) in [7, 11) is 0. The Hall–Kier alpha value is -2.24. The third-order valence-electron chi connectivity index (χ3n) is 5.46. The maximum Gasteiger partial charge on any atom is 0.258 e. The molecule has 0 radical (unpaired) electrons. The number of hydrogen-bond acceptors (Lipinski definition) is 3. The number of carbonyl (C=O) groups excluding carboxylic acids is 2. The number of halogens is 2. The van der Waals surface area contributed by atoms with Crippen molar-refractivity contribution in [2.75, 3.05) is 0 Å². The number of amides is 2. The molecule has 160 valence electrons. The van der Waals surface area contributed by atoms with Gasteiger partial charge in [0.25, 0.3) is 5.91 Å². The van der Waals surface area contributed by atoms with Crippen LogP contribution >= 0.6 is 11.6 Å². The summed E-state index contributed by atoms with van der Waals surface area (Å²) in [6, 6.07) is 12.1. The van der Waals surface area contributed by atoms with Gasteiger partial charge < -0.3 is 5.11 Å². The van der Waals surface area contributed by atoms with Crippen LogP contribution in [0.5, 0.6) is 0 Å². The van der Waals surface area contributed by atoms with Crippen LogP contribution in [0, 0.1) is 11.2 Å². The molecule has 2 atom stereocenters. The lowest BCUT2D eigenvalue weighted by Crippen LogP contribution is -2.46. The fourth-order valence-electron chi connectivity index (χ4n) is 3.74. The molecule has 2 aromatic rings. The van der Waals surface area contributed by atoms with E-state index in [-0.39, 0.29) is 24.2 Å². The summed E-state index contributed by atoms with van der Waals surface area (Å²) in [4.78, 5) is 26.2. The van der Waals surface area contributed by atoms with Gasteiger partial charge in [0.2, 0.25) is 5.91 Å². The molecule has 1 N–H and O–H groups in total. The fraction of sp³-hybridized carbons (Fsp3) is 0.417. The molecule has 1 saturated heterocycles. The van der Waals surface area contributed by atoms with Gasteiger partial charge in [-0.15, -0.1) is 11.6 Å². The van der Waals surface area contributed by atoms with Crippen LogP contribution in [0.2, 0.25) is 0 Å². The molecule has 2 amide bonds. The lowest BCUT2D eigenvalue weighted by atomic mass is 9.93. The van der Waals surface area contributed by atoms with Crippen molar-refractivity contribution in [3.63, 3.8) is 0 Å². The summed E-state index contributed by atoms with van der Waals surface area (Å²) < 4.78 is 14.2. The number of nitrogens with zero attached hydrogens (tertiary/aromatic N) is 1. The Morgan fingerprint density at radius 2 is 1.80 bits per heavy atom. The highest BCUT2D eigenvalue weighted by atomic mass is 35.5. The first-order valence-electron chi connectivity index (χ1n) is 10.1. The molecular weight excluding hydrogens is 405 g/mol. The van der Waals surface area contributed by atoms with E-state index in [1.54, 1.807) is 32.9 Å². The zero-order chi connectivity index (χ0) is 22.1. The van der Waals surface area contributed by atoms with Crippen LogP contribution < -0.4 is 0 Å². The van der Waals surface area contributed by atoms with E-state index in [1.165, 1.54) is 11.0 Å². The number of benzene rings is 2. The molecule has 2 aromatic carbocycles. The molecule has 0 aromatic heterocycles. The highest BCUT2D eigenvalue weighted by molar-refractivity contribution is 6.17. The van der Waals surface area contributed by atoms with Crippen LogP contribution in [0.4, 0.5) is 4.39 Å². The summed E-state index contributed by atoms with van der Waals surface area (Å²) in [5, 5.41) is 9.99. The first-order chi connectivity index (χ1) is 14.1. The molecule has 1 fully saturated rings. The summed E-state index contributed by atoms with van der Waals surface area (Å²) >= 11 is 5.86. The van der Waals surface area contributed by atoms with E-state index in [9.17, 15) is 19.1 Å². The molecule has 6 heteroatoms. The standard InChI is InChI=1S/C24H27ClFNO3/c1-24(2,3)23(30)27-18(13-21(28)22(27)29)10-6-15-4-8-17(9-5-15)19-12-16(14-25)7-11-20(19)26/h4-5,7-9,11-12,18,21,28H,6,10,13-14H2,1-3H3/t18-,21?/m1/s1. The molecule has 3 rings (SSSR count). The van der Waals surface area contributed by atoms with Gasteiger partial charge in [-0.3, -0.25) is 14.5 Å². The number of carbonyl (C=O) groups is 2. The summed E-state index contributed by atoms with van der Waals surface area (Å²) in [5.41, 5.74) is 2.45. The van der Waals surface area contributed by atoms with Crippen LogP contribution in [-0.2, 0) is 21.9 Å².